The van der Waals surface area contributed by atoms with E-state index in [1.54, 1.807) is 0 Å². The number of nitrogens with zero attached hydrogens (tertiary/aromatic N) is 2. The van der Waals surface area contributed by atoms with Crippen molar-refractivity contribution in [2.75, 3.05) is 0 Å². The smallest absolute Gasteiger partial charge is 0.173 e. The molecular weight excluding hydrogens is 340 g/mol. The van der Waals surface area contributed by atoms with Gasteiger partial charge in [-0.15, -0.1) is 0 Å². The molecular formula is C26H26N2+2. The summed E-state index contributed by atoms with van der Waals surface area (Å²) in [6.07, 6.45) is 8.62. The van der Waals surface area contributed by atoms with Gasteiger partial charge in [-0.2, -0.15) is 0 Å². The number of rotatable bonds is 5. The third-order valence-electron chi connectivity index (χ3n) is 5.09. The summed E-state index contributed by atoms with van der Waals surface area (Å²) in [5.41, 5.74) is 7.71. The molecule has 2 aromatic carbocycles. The van der Waals surface area contributed by atoms with Crippen LogP contribution >= 0.6 is 0 Å². The molecule has 0 fully saturated rings. The van der Waals surface area contributed by atoms with E-state index in [1.165, 1.54) is 33.4 Å². The van der Waals surface area contributed by atoms with Crippen LogP contribution in [0.1, 0.15) is 22.3 Å². The molecule has 0 aliphatic carbocycles. The Kier molecular flexibility index (Phi) is 5.29. The lowest BCUT2D eigenvalue weighted by Crippen LogP contribution is -2.33. The second kappa shape index (κ2) is 8.18. The van der Waals surface area contributed by atoms with E-state index >= 15 is 0 Å². The molecule has 2 nitrogen and oxygen atoms in total. The molecule has 0 radical (unpaired) electrons. The maximum atomic E-state index is 2.22. The van der Waals surface area contributed by atoms with E-state index < -0.39 is 0 Å². The first kappa shape index (κ1) is 18.1. The molecule has 4 aromatic rings. The SMILES string of the molecule is Cc1ccc(C[n+]2ccc(-c3cc[n+](Cc4ccc(C)cc4)cc3)cc2)cc1. The number of aromatic nitrogens is 2. The van der Waals surface area contributed by atoms with Gasteiger partial charge in [0.15, 0.2) is 37.9 Å². The van der Waals surface area contributed by atoms with E-state index in [2.05, 4.69) is 121 Å². The van der Waals surface area contributed by atoms with Gasteiger partial charge in [0.25, 0.3) is 0 Å². The lowest BCUT2D eigenvalue weighted by Gasteiger charge is -2.03. The molecule has 28 heavy (non-hydrogen) atoms. The molecule has 0 aliphatic heterocycles. The van der Waals surface area contributed by atoms with Gasteiger partial charge in [0.1, 0.15) is 0 Å². The summed E-state index contributed by atoms with van der Waals surface area (Å²) in [5, 5.41) is 0. The number of aryl methyl sites for hydroxylation is 2. The predicted molar refractivity (Wildman–Crippen MR) is 113 cm³/mol. The molecule has 2 aromatic heterocycles. The molecule has 2 heteroatoms. The number of hydrogen-bond acceptors (Lipinski definition) is 0. The van der Waals surface area contributed by atoms with Crippen molar-refractivity contribution in [1.82, 2.24) is 0 Å². The fraction of sp³-hybridized carbons (Fsp3) is 0.154. The number of hydrogen-bond donors (Lipinski definition) is 0. The fourth-order valence-corrected chi connectivity index (χ4v) is 3.32. The van der Waals surface area contributed by atoms with Crippen LogP contribution in [-0.4, -0.2) is 0 Å². The molecule has 4 rings (SSSR count). The van der Waals surface area contributed by atoms with Gasteiger partial charge in [0.2, 0.25) is 0 Å². The Morgan fingerprint density at radius 3 is 1.11 bits per heavy atom. The molecule has 0 unspecified atom stereocenters. The standard InChI is InChI=1S/C26H26N2/c1-21-3-7-23(8-4-21)19-27-15-11-25(12-16-27)26-13-17-28(18-14-26)20-24-9-5-22(2)6-10-24/h3-18H,19-20H2,1-2H3/q+2. The van der Waals surface area contributed by atoms with Crippen molar-refractivity contribution in [2.24, 2.45) is 0 Å². The predicted octanol–water partition coefficient (Wildman–Crippen LogP) is 4.64. The first-order chi connectivity index (χ1) is 13.7. The van der Waals surface area contributed by atoms with E-state index in [1.807, 2.05) is 0 Å². The summed E-state index contributed by atoms with van der Waals surface area (Å²) in [5.74, 6) is 0. The molecule has 0 aliphatic rings. The fourth-order valence-electron chi connectivity index (χ4n) is 3.32. The van der Waals surface area contributed by atoms with Crippen molar-refractivity contribution in [1.29, 1.82) is 0 Å². The highest BCUT2D eigenvalue weighted by molar-refractivity contribution is 5.60. The van der Waals surface area contributed by atoms with Crippen LogP contribution in [0.2, 0.25) is 0 Å². The third kappa shape index (κ3) is 4.52. The van der Waals surface area contributed by atoms with Gasteiger partial charge < -0.3 is 0 Å². The largest absolute Gasteiger partial charge is 0.201 e. The van der Waals surface area contributed by atoms with Crippen molar-refractivity contribution in [3.05, 3.63) is 120 Å². The molecule has 0 saturated heterocycles. The first-order valence-corrected chi connectivity index (χ1v) is 9.75. The maximum absolute atomic E-state index is 2.22. The van der Waals surface area contributed by atoms with Crippen LogP contribution in [0.4, 0.5) is 0 Å². The van der Waals surface area contributed by atoms with E-state index in [0.29, 0.717) is 0 Å². The molecule has 0 saturated carbocycles. The molecule has 0 spiro atoms. The van der Waals surface area contributed by atoms with Crippen molar-refractivity contribution in [3.63, 3.8) is 0 Å². The van der Waals surface area contributed by atoms with Crippen molar-refractivity contribution in [2.45, 2.75) is 26.9 Å². The van der Waals surface area contributed by atoms with Crippen LogP contribution in [-0.2, 0) is 13.1 Å². The van der Waals surface area contributed by atoms with Gasteiger partial charge in [-0.25, -0.2) is 9.13 Å². The summed E-state index contributed by atoms with van der Waals surface area (Å²) in [6.45, 7) is 6.03. The van der Waals surface area contributed by atoms with Crippen LogP contribution in [0.5, 0.6) is 0 Å². The number of pyridine rings is 2. The molecule has 0 atom stereocenters. The normalized spacial score (nSPS) is 10.8. The van der Waals surface area contributed by atoms with Crippen molar-refractivity contribution in [3.8, 4) is 11.1 Å². The van der Waals surface area contributed by atoms with Gasteiger partial charge >= 0.3 is 0 Å². The van der Waals surface area contributed by atoms with Crippen molar-refractivity contribution >= 4 is 0 Å². The average molecular weight is 367 g/mol. The van der Waals surface area contributed by atoms with Gasteiger partial charge in [-0.3, -0.25) is 0 Å². The molecule has 0 N–H and O–H groups in total. The molecule has 0 amide bonds. The van der Waals surface area contributed by atoms with Crippen LogP contribution in [0.3, 0.4) is 0 Å². The van der Waals surface area contributed by atoms with Gasteiger partial charge in [-0.05, 0) is 25.0 Å². The second-order valence-electron chi connectivity index (χ2n) is 7.49. The quantitative estimate of drug-likeness (QED) is 0.455. The van der Waals surface area contributed by atoms with E-state index in [-0.39, 0.29) is 0 Å². The minimum Gasteiger partial charge on any atom is -0.201 e. The summed E-state index contributed by atoms with van der Waals surface area (Å²) >= 11 is 0. The summed E-state index contributed by atoms with van der Waals surface area (Å²) in [4.78, 5) is 0. The Morgan fingerprint density at radius 1 is 0.464 bits per heavy atom. The van der Waals surface area contributed by atoms with Crippen LogP contribution in [0, 0.1) is 13.8 Å². The van der Waals surface area contributed by atoms with Crippen LogP contribution in [0.25, 0.3) is 11.1 Å². The molecule has 2 heterocycles. The molecule has 0 bridgehead atoms. The molecule has 138 valence electrons. The Hall–Kier alpha value is -3.26. The highest BCUT2D eigenvalue weighted by atomic mass is 14.9. The van der Waals surface area contributed by atoms with Crippen LogP contribution in [0.15, 0.2) is 97.6 Å². The Labute approximate surface area is 167 Å². The van der Waals surface area contributed by atoms with Crippen molar-refractivity contribution < 1.29 is 9.13 Å². The Balaban J connectivity index is 1.43. The summed E-state index contributed by atoms with van der Waals surface area (Å²) in [6, 6.07) is 26.2. The lowest BCUT2D eigenvalue weighted by molar-refractivity contribution is -0.688. The Morgan fingerprint density at radius 2 is 0.786 bits per heavy atom. The first-order valence-electron chi connectivity index (χ1n) is 9.75. The zero-order valence-electron chi connectivity index (χ0n) is 16.5. The lowest BCUT2D eigenvalue weighted by atomic mass is 10.1. The van der Waals surface area contributed by atoms with E-state index in [4.69, 9.17) is 0 Å². The monoisotopic (exact) mass is 366 g/mol. The van der Waals surface area contributed by atoms with Gasteiger partial charge in [0, 0.05) is 35.4 Å². The highest BCUT2D eigenvalue weighted by Crippen LogP contribution is 2.16. The average Bonchev–Trinajstić information content (AvgIpc) is 2.73. The summed E-state index contributed by atoms with van der Waals surface area (Å²) < 4.78 is 4.43. The van der Waals surface area contributed by atoms with Gasteiger partial charge in [0.05, 0.1) is 0 Å². The topological polar surface area (TPSA) is 7.76 Å². The zero-order valence-corrected chi connectivity index (χ0v) is 16.5. The summed E-state index contributed by atoms with van der Waals surface area (Å²) in [7, 11) is 0. The maximum Gasteiger partial charge on any atom is 0.173 e. The van der Waals surface area contributed by atoms with E-state index in [0.717, 1.165) is 13.1 Å². The van der Waals surface area contributed by atoms with Gasteiger partial charge in [-0.1, -0.05) is 59.7 Å². The van der Waals surface area contributed by atoms with E-state index in [9.17, 15) is 0 Å². The minimum atomic E-state index is 0.895. The number of benzene rings is 2. The van der Waals surface area contributed by atoms with Crippen LogP contribution < -0.4 is 9.13 Å². The second-order valence-corrected chi connectivity index (χ2v) is 7.49. The minimum absolute atomic E-state index is 0.895. The third-order valence-corrected chi connectivity index (χ3v) is 5.09. The Bertz CT molecular complexity index is 941. The zero-order chi connectivity index (χ0) is 19.3. The highest BCUT2D eigenvalue weighted by Gasteiger charge is 2.07.